The van der Waals surface area contributed by atoms with Gasteiger partial charge in [0.15, 0.2) is 11.6 Å². The van der Waals surface area contributed by atoms with E-state index in [1.54, 1.807) is 6.07 Å². The molecule has 3 rings (SSSR count). The molecule has 2 N–H and O–H groups in total. The fraction of sp³-hybridized carbons (Fsp3) is 0.562. The summed E-state index contributed by atoms with van der Waals surface area (Å²) in [7, 11) is 0. The molecule has 4 nitrogen and oxygen atoms in total. The molecule has 0 spiro atoms. The molecular weight excluding hydrogens is 273 g/mol. The number of aromatic hydroxyl groups is 1. The van der Waals surface area contributed by atoms with E-state index in [2.05, 4.69) is 4.90 Å². The maximum Gasteiger partial charge on any atom is 0.303 e. The average molecular weight is 293 g/mol. The Morgan fingerprint density at radius 2 is 1.95 bits per heavy atom. The van der Waals surface area contributed by atoms with Crippen LogP contribution in [0.15, 0.2) is 18.2 Å². The van der Waals surface area contributed by atoms with Gasteiger partial charge in [-0.2, -0.15) is 0 Å². The van der Waals surface area contributed by atoms with Crippen molar-refractivity contribution in [1.82, 2.24) is 4.90 Å². The van der Waals surface area contributed by atoms with Gasteiger partial charge in [0, 0.05) is 25.0 Å². The second-order valence-electron chi connectivity index (χ2n) is 6.28. The molecule has 0 radical (unpaired) electrons. The van der Waals surface area contributed by atoms with Crippen molar-refractivity contribution in [2.45, 2.75) is 50.7 Å². The van der Waals surface area contributed by atoms with E-state index in [0.29, 0.717) is 18.6 Å². The van der Waals surface area contributed by atoms with E-state index in [1.165, 1.54) is 12.1 Å². The highest BCUT2D eigenvalue weighted by Gasteiger charge is 2.40. The number of aliphatic carboxylic acids is 1. The summed E-state index contributed by atoms with van der Waals surface area (Å²) >= 11 is 0. The molecule has 2 aliphatic heterocycles. The Labute approximate surface area is 123 Å². The van der Waals surface area contributed by atoms with Crippen LogP contribution in [0.3, 0.4) is 0 Å². The summed E-state index contributed by atoms with van der Waals surface area (Å²) in [6, 6.07) is 5.35. The number of phenolic OH excluding ortho intramolecular Hbond substituents is 1. The number of hydrogen-bond acceptors (Lipinski definition) is 3. The maximum atomic E-state index is 13.4. The molecule has 2 saturated heterocycles. The fourth-order valence-electron chi connectivity index (χ4n) is 3.92. The van der Waals surface area contributed by atoms with E-state index >= 15 is 0 Å². The molecule has 5 heteroatoms. The van der Waals surface area contributed by atoms with Gasteiger partial charge in [-0.25, -0.2) is 4.39 Å². The van der Waals surface area contributed by atoms with Gasteiger partial charge in [0.1, 0.15) is 0 Å². The average Bonchev–Trinajstić information content (AvgIpc) is 2.65. The Bertz CT molecular complexity index is 534. The van der Waals surface area contributed by atoms with Gasteiger partial charge < -0.3 is 10.2 Å². The normalized spacial score (nSPS) is 28.7. The van der Waals surface area contributed by atoms with E-state index in [-0.39, 0.29) is 18.1 Å². The summed E-state index contributed by atoms with van der Waals surface area (Å²) in [6.07, 6.45) is 4.30. The second-order valence-corrected chi connectivity index (χ2v) is 6.28. The molecule has 21 heavy (non-hydrogen) atoms. The third-order valence-corrected chi connectivity index (χ3v) is 4.82. The molecule has 2 fully saturated rings. The summed E-state index contributed by atoms with van der Waals surface area (Å²) in [5.74, 6) is -1.34. The minimum atomic E-state index is -0.714. The van der Waals surface area contributed by atoms with Crippen molar-refractivity contribution in [2.24, 2.45) is 5.92 Å². The first-order valence-corrected chi connectivity index (χ1v) is 7.48. The van der Waals surface area contributed by atoms with Crippen molar-refractivity contribution in [3.05, 3.63) is 29.6 Å². The van der Waals surface area contributed by atoms with Crippen LogP contribution in [0.5, 0.6) is 5.75 Å². The number of phenols is 1. The van der Waals surface area contributed by atoms with E-state index in [0.717, 1.165) is 31.2 Å². The number of hydrogen-bond donors (Lipinski definition) is 2. The van der Waals surface area contributed by atoms with Gasteiger partial charge in [-0.15, -0.1) is 0 Å². The van der Waals surface area contributed by atoms with Gasteiger partial charge in [-0.1, -0.05) is 6.07 Å². The van der Waals surface area contributed by atoms with Gasteiger partial charge in [-0.3, -0.25) is 9.69 Å². The van der Waals surface area contributed by atoms with Gasteiger partial charge in [0.05, 0.1) is 0 Å². The van der Waals surface area contributed by atoms with Crippen LogP contribution >= 0.6 is 0 Å². The highest BCUT2D eigenvalue weighted by molar-refractivity contribution is 5.67. The summed E-state index contributed by atoms with van der Waals surface area (Å²) in [5, 5.41) is 18.2. The molecule has 2 heterocycles. The summed E-state index contributed by atoms with van der Waals surface area (Å²) < 4.78 is 13.4. The zero-order valence-corrected chi connectivity index (χ0v) is 11.8. The predicted molar refractivity (Wildman–Crippen MR) is 75.4 cm³/mol. The summed E-state index contributed by atoms with van der Waals surface area (Å²) in [5.41, 5.74) is 0.860. The summed E-state index contributed by atoms with van der Waals surface area (Å²) in [4.78, 5) is 13.2. The van der Waals surface area contributed by atoms with Crippen molar-refractivity contribution in [3.63, 3.8) is 0 Å². The second kappa shape index (κ2) is 5.64. The minimum absolute atomic E-state index is 0.259. The van der Waals surface area contributed by atoms with Crippen LogP contribution in [0.25, 0.3) is 0 Å². The Kier molecular flexibility index (Phi) is 3.85. The first-order valence-electron chi connectivity index (χ1n) is 7.48. The molecule has 0 aliphatic carbocycles. The van der Waals surface area contributed by atoms with E-state index in [4.69, 9.17) is 5.11 Å². The van der Waals surface area contributed by atoms with Crippen molar-refractivity contribution >= 4 is 5.97 Å². The highest BCUT2D eigenvalue weighted by atomic mass is 19.1. The fourth-order valence-corrected chi connectivity index (χ4v) is 3.92. The van der Waals surface area contributed by atoms with Crippen LogP contribution in [-0.4, -0.2) is 33.2 Å². The largest absolute Gasteiger partial charge is 0.505 e. The zero-order valence-electron chi connectivity index (χ0n) is 11.8. The third kappa shape index (κ3) is 3.02. The number of benzene rings is 1. The van der Waals surface area contributed by atoms with Crippen LogP contribution in [0.1, 0.15) is 37.7 Å². The number of carboxylic acids is 1. The lowest BCUT2D eigenvalue weighted by Gasteiger charge is -2.38. The van der Waals surface area contributed by atoms with Crippen LogP contribution in [0.2, 0.25) is 0 Å². The number of piperidine rings is 1. The Morgan fingerprint density at radius 1 is 1.29 bits per heavy atom. The molecule has 0 aromatic heterocycles. The molecule has 0 saturated carbocycles. The zero-order chi connectivity index (χ0) is 15.0. The van der Waals surface area contributed by atoms with Crippen molar-refractivity contribution < 1.29 is 19.4 Å². The van der Waals surface area contributed by atoms with Crippen LogP contribution < -0.4 is 0 Å². The number of fused-ring (bicyclic) bond motifs is 2. The number of nitrogens with zero attached hydrogens (tertiary/aromatic N) is 1. The van der Waals surface area contributed by atoms with Crippen molar-refractivity contribution in [3.8, 4) is 5.75 Å². The lowest BCUT2D eigenvalue weighted by atomic mass is 9.88. The van der Waals surface area contributed by atoms with Crippen LogP contribution in [0.4, 0.5) is 4.39 Å². The number of carbonyl (C=O) groups is 1. The molecule has 1 aromatic rings. The SMILES string of the molecule is O=C(O)CC1CC2CCC(C1)N2Cc1ccc(O)c(F)c1. The third-order valence-electron chi connectivity index (χ3n) is 4.82. The predicted octanol–water partition coefficient (Wildman–Crippen LogP) is 2.75. The van der Waals surface area contributed by atoms with Crippen LogP contribution in [-0.2, 0) is 11.3 Å². The first kappa shape index (κ1) is 14.3. The molecular formula is C16H20FNO3. The molecule has 2 aliphatic rings. The van der Waals surface area contributed by atoms with E-state index in [9.17, 15) is 14.3 Å². The van der Waals surface area contributed by atoms with E-state index < -0.39 is 11.8 Å². The number of halogens is 1. The minimum Gasteiger partial charge on any atom is -0.505 e. The van der Waals surface area contributed by atoms with Crippen molar-refractivity contribution in [1.29, 1.82) is 0 Å². The summed E-state index contributed by atoms with van der Waals surface area (Å²) in [6.45, 7) is 0.673. The van der Waals surface area contributed by atoms with Crippen LogP contribution in [0, 0.1) is 11.7 Å². The van der Waals surface area contributed by atoms with Gasteiger partial charge in [-0.05, 0) is 49.3 Å². The molecule has 2 bridgehead atoms. The standard InChI is InChI=1S/C16H20FNO3/c17-14-7-10(1-4-15(14)19)9-18-12-2-3-13(18)6-11(5-12)8-16(20)21/h1,4,7,11-13,19H,2-3,5-6,8-9H2,(H,20,21). The maximum absolute atomic E-state index is 13.4. The Morgan fingerprint density at radius 3 is 2.52 bits per heavy atom. The van der Waals surface area contributed by atoms with Gasteiger partial charge in [0.2, 0.25) is 0 Å². The first-order chi connectivity index (χ1) is 10.0. The molecule has 1 aromatic carbocycles. The Hall–Kier alpha value is -1.62. The number of rotatable bonds is 4. The monoisotopic (exact) mass is 293 g/mol. The van der Waals surface area contributed by atoms with Crippen molar-refractivity contribution in [2.75, 3.05) is 0 Å². The molecule has 2 atom stereocenters. The molecule has 0 amide bonds. The number of carboxylic acid groups (broad SMARTS) is 1. The smallest absolute Gasteiger partial charge is 0.303 e. The topological polar surface area (TPSA) is 60.8 Å². The quantitative estimate of drug-likeness (QED) is 0.896. The molecule has 2 unspecified atom stereocenters. The molecule has 114 valence electrons. The highest BCUT2D eigenvalue weighted by Crippen LogP contribution is 2.40. The Balaban J connectivity index is 1.67. The van der Waals surface area contributed by atoms with E-state index in [1.807, 2.05) is 0 Å². The lowest BCUT2D eigenvalue weighted by Crippen LogP contribution is -2.42. The lowest BCUT2D eigenvalue weighted by molar-refractivity contribution is -0.138. The van der Waals surface area contributed by atoms with Gasteiger partial charge >= 0.3 is 5.97 Å². The van der Waals surface area contributed by atoms with Gasteiger partial charge in [0.25, 0.3) is 0 Å².